The summed E-state index contributed by atoms with van der Waals surface area (Å²) in [6.07, 6.45) is -2.18. The molecule has 0 aromatic heterocycles. The van der Waals surface area contributed by atoms with Crippen LogP contribution in [0.5, 0.6) is 5.75 Å². The van der Waals surface area contributed by atoms with Gasteiger partial charge in [-0.15, -0.1) is 0 Å². The Labute approximate surface area is 208 Å². The van der Waals surface area contributed by atoms with Crippen LogP contribution in [0.3, 0.4) is 0 Å². The minimum absolute atomic E-state index is 0.0159. The Bertz CT molecular complexity index is 889. The molecule has 0 unspecified atom stereocenters. The number of hydrogen-bond acceptors (Lipinski definition) is 7. The number of allylic oxidation sites excluding steroid dienone is 2. The molecular weight excluding hydrogens is 481 g/mol. The van der Waals surface area contributed by atoms with Gasteiger partial charge in [0.25, 0.3) is 0 Å². The second-order valence-electron chi connectivity index (χ2n) is 9.72. The average molecular weight is 517 g/mol. The summed E-state index contributed by atoms with van der Waals surface area (Å²) < 4.78 is 54.7. The first kappa shape index (κ1) is 28.4. The van der Waals surface area contributed by atoms with Gasteiger partial charge in [0.1, 0.15) is 24.6 Å². The van der Waals surface area contributed by atoms with Crippen LogP contribution in [0.4, 0.5) is 13.2 Å². The number of alkyl halides is 3. The molecule has 3 rings (SSSR count). The molecule has 1 saturated carbocycles. The first-order valence-corrected chi connectivity index (χ1v) is 12.3. The predicted octanol–water partition coefficient (Wildman–Crippen LogP) is 3.64. The first-order valence-electron chi connectivity index (χ1n) is 12.3. The molecule has 1 aromatic rings. The average Bonchev–Trinajstić information content (AvgIpc) is 3.52. The fraction of sp³-hybridized carbons (Fsp3) is 0.654. The van der Waals surface area contributed by atoms with Crippen molar-refractivity contribution in [2.24, 2.45) is 11.8 Å². The topological polar surface area (TPSA) is 109 Å². The van der Waals surface area contributed by atoms with Crippen molar-refractivity contribution < 1.29 is 47.5 Å². The van der Waals surface area contributed by atoms with Crippen molar-refractivity contribution in [1.82, 2.24) is 0 Å². The Hall–Kier alpha value is -2.14. The monoisotopic (exact) mass is 516 g/mol. The number of rotatable bonds is 12. The largest absolute Gasteiger partial charge is 0.491 e. The van der Waals surface area contributed by atoms with E-state index in [1.807, 2.05) is 12.2 Å². The third-order valence-electron chi connectivity index (χ3n) is 6.51. The van der Waals surface area contributed by atoms with E-state index in [-0.39, 0.29) is 42.7 Å². The molecule has 1 aromatic carbocycles. The van der Waals surface area contributed by atoms with Gasteiger partial charge >= 0.3 is 12.1 Å². The molecule has 7 nitrogen and oxygen atoms in total. The number of halogens is 3. The van der Waals surface area contributed by atoms with Gasteiger partial charge in [-0.25, -0.2) is 0 Å². The van der Waals surface area contributed by atoms with Crippen LogP contribution in [0, 0.1) is 11.8 Å². The van der Waals surface area contributed by atoms with Crippen molar-refractivity contribution in [2.45, 2.75) is 88.8 Å². The van der Waals surface area contributed by atoms with Crippen molar-refractivity contribution in [3.05, 3.63) is 42.0 Å². The Morgan fingerprint density at radius 1 is 1.22 bits per heavy atom. The molecule has 2 fully saturated rings. The van der Waals surface area contributed by atoms with Gasteiger partial charge in [-0.1, -0.05) is 18.2 Å². The van der Waals surface area contributed by atoms with Crippen LogP contribution in [0.25, 0.3) is 0 Å². The van der Waals surface area contributed by atoms with Gasteiger partial charge in [-0.2, -0.15) is 13.2 Å². The highest BCUT2D eigenvalue weighted by molar-refractivity contribution is 5.69. The number of hydrogen-bond donors (Lipinski definition) is 3. The lowest BCUT2D eigenvalue weighted by atomic mass is 9.86. The van der Waals surface area contributed by atoms with Gasteiger partial charge in [0.15, 0.2) is 0 Å². The second-order valence-corrected chi connectivity index (χ2v) is 9.72. The van der Waals surface area contributed by atoms with Crippen molar-refractivity contribution in [1.29, 1.82) is 0 Å². The van der Waals surface area contributed by atoms with Crippen LogP contribution < -0.4 is 4.74 Å². The molecule has 0 amide bonds. The number of carbonyl (C=O) groups is 1. The minimum atomic E-state index is -4.49. The maximum atomic E-state index is 12.9. The number of aliphatic hydroxyl groups is 3. The quantitative estimate of drug-likeness (QED) is 0.168. The van der Waals surface area contributed by atoms with Gasteiger partial charge < -0.3 is 29.5 Å². The van der Waals surface area contributed by atoms with Crippen LogP contribution in [0.2, 0.25) is 0 Å². The summed E-state index contributed by atoms with van der Waals surface area (Å²) in [5, 5.41) is 31.4. The van der Waals surface area contributed by atoms with Crippen molar-refractivity contribution >= 4 is 5.97 Å². The number of benzene rings is 1. The van der Waals surface area contributed by atoms with E-state index in [1.165, 1.54) is 12.1 Å². The molecule has 202 valence electrons. The Balaban J connectivity index is 1.46. The van der Waals surface area contributed by atoms with E-state index in [1.54, 1.807) is 13.8 Å². The third-order valence-corrected chi connectivity index (χ3v) is 6.51. The summed E-state index contributed by atoms with van der Waals surface area (Å²) in [6.45, 7) is 3.33. The first-order chi connectivity index (χ1) is 17.0. The third kappa shape index (κ3) is 7.93. The lowest BCUT2D eigenvalue weighted by molar-refractivity contribution is -0.147. The van der Waals surface area contributed by atoms with Gasteiger partial charge in [-0.3, -0.25) is 4.79 Å². The molecule has 0 bridgehead atoms. The van der Waals surface area contributed by atoms with E-state index in [2.05, 4.69) is 0 Å². The molecule has 10 heteroatoms. The van der Waals surface area contributed by atoms with Crippen molar-refractivity contribution in [3.8, 4) is 5.75 Å². The summed E-state index contributed by atoms with van der Waals surface area (Å²) in [5.41, 5.74) is -0.843. The summed E-state index contributed by atoms with van der Waals surface area (Å²) in [7, 11) is 0. The lowest BCUT2D eigenvalue weighted by Gasteiger charge is -2.21. The van der Waals surface area contributed by atoms with Crippen LogP contribution in [0.15, 0.2) is 36.4 Å². The van der Waals surface area contributed by atoms with E-state index >= 15 is 0 Å². The van der Waals surface area contributed by atoms with Crippen molar-refractivity contribution in [3.63, 3.8) is 0 Å². The van der Waals surface area contributed by atoms with Gasteiger partial charge in [0.05, 0.1) is 30.0 Å². The maximum absolute atomic E-state index is 12.9. The molecule has 1 heterocycles. The zero-order chi connectivity index (χ0) is 26.5. The highest BCUT2D eigenvalue weighted by Gasteiger charge is 2.57. The molecule has 3 N–H and O–H groups in total. The molecule has 1 aliphatic carbocycles. The van der Waals surface area contributed by atoms with E-state index < -0.39 is 42.3 Å². The number of esters is 1. The van der Waals surface area contributed by atoms with Crippen molar-refractivity contribution in [2.75, 3.05) is 6.61 Å². The molecular formula is C26H35F3O7. The number of carbonyl (C=O) groups excluding carboxylic acids is 1. The highest BCUT2D eigenvalue weighted by atomic mass is 19.4. The molecule has 1 aliphatic heterocycles. The SMILES string of the molecule is CC(C)OC(=O)CCCC=CC[C@@H]1[C@@H]([C@H]2O[C@@H]2[C@@H](O)COc2cccc(C(F)(F)F)c2)[C@H](O)C[C@@H]1O. The molecule has 7 atom stereocenters. The standard InChI is InChI=1S/C26H35F3O7/c1-15(2)35-22(33)11-6-4-3-5-10-18-19(30)13-20(31)23(18)25-24(36-25)21(32)14-34-17-9-7-8-16(12-17)26(27,28)29/h3,5,7-9,12,15,18-21,23-25,30-32H,4,6,10-11,13-14H2,1-2H3/t18-,19-,20+,21-,23+,24+,25+/m0/s1. The van der Waals surface area contributed by atoms with E-state index in [0.29, 0.717) is 25.7 Å². The predicted molar refractivity (Wildman–Crippen MR) is 124 cm³/mol. The van der Waals surface area contributed by atoms with E-state index in [4.69, 9.17) is 14.2 Å². The molecule has 0 spiro atoms. The van der Waals surface area contributed by atoms with Gasteiger partial charge in [0.2, 0.25) is 0 Å². The fourth-order valence-corrected chi connectivity index (χ4v) is 4.75. The van der Waals surface area contributed by atoms with E-state index in [9.17, 15) is 33.3 Å². The zero-order valence-electron chi connectivity index (χ0n) is 20.4. The van der Waals surface area contributed by atoms with Crippen LogP contribution in [0.1, 0.15) is 51.5 Å². The Kier molecular flexibility index (Phi) is 9.79. The molecule has 2 aliphatic rings. The number of aliphatic hydroxyl groups excluding tert-OH is 3. The normalized spacial score (nSPS) is 29.0. The molecule has 0 radical (unpaired) electrons. The fourth-order valence-electron chi connectivity index (χ4n) is 4.75. The Morgan fingerprint density at radius 3 is 2.67 bits per heavy atom. The maximum Gasteiger partial charge on any atom is 0.416 e. The zero-order valence-corrected chi connectivity index (χ0v) is 20.4. The smallest absolute Gasteiger partial charge is 0.416 e. The number of epoxide rings is 1. The number of ether oxygens (including phenoxy) is 3. The Morgan fingerprint density at radius 2 is 1.97 bits per heavy atom. The molecule has 36 heavy (non-hydrogen) atoms. The van der Waals surface area contributed by atoms with Gasteiger partial charge in [-0.05, 0) is 63.6 Å². The summed E-state index contributed by atoms with van der Waals surface area (Å²) >= 11 is 0. The minimum Gasteiger partial charge on any atom is -0.491 e. The summed E-state index contributed by atoms with van der Waals surface area (Å²) in [5.74, 6) is -0.911. The molecule has 1 saturated heterocycles. The van der Waals surface area contributed by atoms with Gasteiger partial charge in [0, 0.05) is 12.3 Å². The summed E-state index contributed by atoms with van der Waals surface area (Å²) in [6, 6.07) is 4.41. The second kappa shape index (κ2) is 12.4. The van der Waals surface area contributed by atoms with Crippen LogP contribution in [-0.4, -0.2) is 64.5 Å². The number of unbranched alkanes of at least 4 members (excludes halogenated alkanes) is 1. The lowest BCUT2D eigenvalue weighted by Crippen LogP contribution is -2.32. The van der Waals surface area contributed by atoms with Crippen LogP contribution >= 0.6 is 0 Å². The highest BCUT2D eigenvalue weighted by Crippen LogP contribution is 2.46. The summed E-state index contributed by atoms with van der Waals surface area (Å²) in [4.78, 5) is 11.6. The van der Waals surface area contributed by atoms with Crippen LogP contribution in [-0.2, 0) is 20.4 Å². The van der Waals surface area contributed by atoms with E-state index in [0.717, 1.165) is 12.1 Å².